The highest BCUT2D eigenvalue weighted by molar-refractivity contribution is 5.94. The molecule has 1 amide bonds. The number of rotatable bonds is 4. The molecule has 2 aliphatic heterocycles. The third-order valence-corrected chi connectivity index (χ3v) is 6.45. The number of amides is 1. The van der Waals surface area contributed by atoms with Crippen LogP contribution in [0, 0.1) is 11.6 Å². The van der Waals surface area contributed by atoms with Crippen molar-refractivity contribution in [1.82, 2.24) is 10.3 Å². The van der Waals surface area contributed by atoms with Gasteiger partial charge in [-0.2, -0.15) is 0 Å². The van der Waals surface area contributed by atoms with Gasteiger partial charge < -0.3 is 20.2 Å². The number of hydrogen-bond acceptors (Lipinski definition) is 5. The molecule has 34 heavy (non-hydrogen) atoms. The van der Waals surface area contributed by atoms with Crippen LogP contribution in [0.3, 0.4) is 0 Å². The van der Waals surface area contributed by atoms with E-state index >= 15 is 4.39 Å². The summed E-state index contributed by atoms with van der Waals surface area (Å²) in [6.45, 7) is 3.80. The third-order valence-electron chi connectivity index (χ3n) is 6.45. The summed E-state index contributed by atoms with van der Waals surface area (Å²) in [5, 5.41) is 14.4. The molecule has 3 aromatic rings. The minimum atomic E-state index is -0.581. The number of nitrogens with zero attached hydrogens (tertiary/aromatic N) is 3. The molecule has 6 nitrogen and oxygen atoms in total. The summed E-state index contributed by atoms with van der Waals surface area (Å²) in [7, 11) is 0. The lowest BCUT2D eigenvalue weighted by atomic mass is 9.96. The lowest BCUT2D eigenvalue weighted by Crippen LogP contribution is -2.43. The molecule has 1 aromatic heterocycles. The van der Waals surface area contributed by atoms with Crippen molar-refractivity contribution in [2.45, 2.75) is 19.3 Å². The Morgan fingerprint density at radius 3 is 2.35 bits per heavy atom. The number of phenols is 1. The monoisotopic (exact) mass is 464 g/mol. The van der Waals surface area contributed by atoms with Crippen molar-refractivity contribution in [2.24, 2.45) is 0 Å². The number of carbonyl (C=O) groups is 1. The summed E-state index contributed by atoms with van der Waals surface area (Å²) in [5.74, 6) is -0.612. The van der Waals surface area contributed by atoms with E-state index in [1.54, 1.807) is 18.3 Å². The van der Waals surface area contributed by atoms with Gasteiger partial charge in [0.25, 0.3) is 0 Å². The van der Waals surface area contributed by atoms with Crippen LogP contribution in [0.2, 0.25) is 0 Å². The summed E-state index contributed by atoms with van der Waals surface area (Å²) < 4.78 is 29.7. The van der Waals surface area contributed by atoms with Crippen LogP contribution in [0.15, 0.2) is 48.7 Å². The summed E-state index contributed by atoms with van der Waals surface area (Å²) in [6, 6.07) is 10.4. The summed E-state index contributed by atoms with van der Waals surface area (Å²) >= 11 is 0. The lowest BCUT2D eigenvalue weighted by Gasteiger charge is -2.28. The topological polar surface area (TPSA) is 68.7 Å². The maximum Gasteiger partial charge on any atom is 0.227 e. The summed E-state index contributed by atoms with van der Waals surface area (Å²) in [6.07, 6.45) is 3.67. The van der Waals surface area contributed by atoms with Crippen molar-refractivity contribution in [3.8, 4) is 28.0 Å². The van der Waals surface area contributed by atoms with E-state index in [1.165, 1.54) is 29.2 Å². The van der Waals surface area contributed by atoms with E-state index in [0.29, 0.717) is 29.7 Å². The average Bonchev–Trinajstić information content (AvgIpc) is 2.86. The molecule has 2 saturated heterocycles. The molecule has 2 fully saturated rings. The van der Waals surface area contributed by atoms with E-state index in [-0.39, 0.29) is 22.9 Å². The second kappa shape index (κ2) is 9.38. The van der Waals surface area contributed by atoms with E-state index in [4.69, 9.17) is 0 Å². The van der Waals surface area contributed by atoms with Crippen LogP contribution in [-0.4, -0.2) is 48.7 Å². The number of halogens is 2. The molecule has 0 bridgehead atoms. The minimum absolute atomic E-state index is 0.105. The molecule has 3 heterocycles. The number of phenolic OH excluding ortho intramolecular Hbond substituents is 1. The summed E-state index contributed by atoms with van der Waals surface area (Å²) in [4.78, 5) is 20.2. The van der Waals surface area contributed by atoms with Gasteiger partial charge in [-0.3, -0.25) is 4.79 Å². The number of nitrogens with one attached hydrogen (secondary N) is 1. The first-order chi connectivity index (χ1) is 16.5. The number of carbonyl (C=O) groups excluding carboxylic acids is 1. The van der Waals surface area contributed by atoms with Crippen LogP contribution >= 0.6 is 0 Å². The number of piperazine rings is 1. The molecule has 8 heteroatoms. The van der Waals surface area contributed by atoms with Crippen molar-refractivity contribution in [1.29, 1.82) is 0 Å². The Labute approximate surface area is 196 Å². The van der Waals surface area contributed by atoms with E-state index in [2.05, 4.69) is 15.2 Å². The SMILES string of the molecule is O=C1CCCCN1c1ccc(-c2cc(F)cc(-c3ccnc(N4CCNCC4)c3)c2O)cc1F. The van der Waals surface area contributed by atoms with Crippen LogP contribution in [0.25, 0.3) is 22.3 Å². The highest BCUT2D eigenvalue weighted by atomic mass is 19.1. The molecule has 2 N–H and O–H groups in total. The number of aromatic hydroxyl groups is 1. The number of pyridine rings is 1. The predicted octanol–water partition coefficient (Wildman–Crippen LogP) is 4.33. The number of aromatic nitrogens is 1. The number of piperidine rings is 1. The first kappa shape index (κ1) is 22.3. The molecule has 0 saturated carbocycles. The zero-order valence-corrected chi connectivity index (χ0v) is 18.7. The molecule has 0 spiro atoms. The molecule has 0 unspecified atom stereocenters. The highest BCUT2D eigenvalue weighted by Gasteiger charge is 2.23. The van der Waals surface area contributed by atoms with Gasteiger partial charge in [0.1, 0.15) is 23.2 Å². The van der Waals surface area contributed by atoms with Crippen molar-refractivity contribution in [3.63, 3.8) is 0 Å². The highest BCUT2D eigenvalue weighted by Crippen LogP contribution is 2.40. The van der Waals surface area contributed by atoms with Gasteiger partial charge >= 0.3 is 0 Å². The maximum absolute atomic E-state index is 15.0. The van der Waals surface area contributed by atoms with Gasteiger partial charge in [-0.05, 0) is 60.4 Å². The Balaban J connectivity index is 1.51. The number of hydrogen-bond donors (Lipinski definition) is 2. The molecular formula is C26H26F2N4O2. The Morgan fingerprint density at radius 2 is 1.65 bits per heavy atom. The van der Waals surface area contributed by atoms with Gasteiger partial charge in [-0.25, -0.2) is 13.8 Å². The summed E-state index contributed by atoms with van der Waals surface area (Å²) in [5.41, 5.74) is 1.66. The Bertz CT molecular complexity index is 1230. The molecule has 0 atom stereocenters. The van der Waals surface area contributed by atoms with Gasteiger partial charge in [-0.1, -0.05) is 6.07 Å². The van der Waals surface area contributed by atoms with Crippen molar-refractivity contribution in [2.75, 3.05) is 42.5 Å². The molecule has 2 aromatic carbocycles. The fourth-order valence-electron chi connectivity index (χ4n) is 4.65. The van der Waals surface area contributed by atoms with Crippen molar-refractivity contribution < 1.29 is 18.7 Å². The first-order valence-electron chi connectivity index (χ1n) is 11.6. The molecule has 0 radical (unpaired) electrons. The predicted molar refractivity (Wildman–Crippen MR) is 128 cm³/mol. The second-order valence-corrected chi connectivity index (χ2v) is 8.66. The number of anilines is 2. The van der Waals surface area contributed by atoms with E-state index < -0.39 is 11.6 Å². The largest absolute Gasteiger partial charge is 0.507 e. The van der Waals surface area contributed by atoms with Crippen molar-refractivity contribution >= 4 is 17.4 Å². The van der Waals surface area contributed by atoms with Gasteiger partial charge in [-0.15, -0.1) is 0 Å². The second-order valence-electron chi connectivity index (χ2n) is 8.66. The Kier molecular flexibility index (Phi) is 6.15. The van der Waals surface area contributed by atoms with Crippen LogP contribution in [0.4, 0.5) is 20.3 Å². The van der Waals surface area contributed by atoms with Gasteiger partial charge in [0.2, 0.25) is 5.91 Å². The molecular weight excluding hydrogens is 438 g/mol. The van der Waals surface area contributed by atoms with Crippen molar-refractivity contribution in [3.05, 3.63) is 60.3 Å². The average molecular weight is 465 g/mol. The fourth-order valence-corrected chi connectivity index (χ4v) is 4.65. The zero-order valence-electron chi connectivity index (χ0n) is 18.7. The van der Waals surface area contributed by atoms with Gasteiger partial charge in [0.15, 0.2) is 0 Å². The maximum atomic E-state index is 15.0. The van der Waals surface area contributed by atoms with E-state index in [9.17, 15) is 14.3 Å². The van der Waals surface area contributed by atoms with Crippen LogP contribution in [0.1, 0.15) is 19.3 Å². The normalized spacial score (nSPS) is 16.7. The quantitative estimate of drug-likeness (QED) is 0.602. The molecule has 2 aliphatic rings. The standard InChI is InChI=1S/C26H26F2N4O2/c27-19-15-20(17-4-5-23(22(28)13-17)32-10-2-1-3-25(32)33)26(34)21(16-19)18-6-7-30-24(14-18)31-11-8-29-9-12-31/h4-7,13-16,29,34H,1-3,8-12H2. The van der Waals surface area contributed by atoms with E-state index in [1.807, 2.05) is 6.07 Å². The van der Waals surface area contributed by atoms with Crippen LogP contribution in [0.5, 0.6) is 5.75 Å². The molecule has 0 aliphatic carbocycles. The third kappa shape index (κ3) is 4.33. The van der Waals surface area contributed by atoms with E-state index in [0.717, 1.165) is 44.8 Å². The molecule has 176 valence electrons. The van der Waals surface area contributed by atoms with Gasteiger partial charge in [0, 0.05) is 56.5 Å². The first-order valence-corrected chi connectivity index (χ1v) is 11.6. The number of benzene rings is 2. The fraction of sp³-hybridized carbons (Fsp3) is 0.308. The Morgan fingerprint density at radius 1 is 0.912 bits per heavy atom. The van der Waals surface area contributed by atoms with Crippen LogP contribution in [-0.2, 0) is 4.79 Å². The smallest absolute Gasteiger partial charge is 0.227 e. The van der Waals surface area contributed by atoms with Gasteiger partial charge in [0.05, 0.1) is 5.69 Å². The van der Waals surface area contributed by atoms with Crippen LogP contribution < -0.4 is 15.1 Å². The lowest BCUT2D eigenvalue weighted by molar-refractivity contribution is -0.119. The Hall–Kier alpha value is -3.52. The zero-order chi connectivity index (χ0) is 23.7. The minimum Gasteiger partial charge on any atom is -0.507 e. The molecule has 5 rings (SSSR count).